The highest BCUT2D eigenvalue weighted by molar-refractivity contribution is 5.75. The van der Waals surface area contributed by atoms with Crippen molar-refractivity contribution in [3.05, 3.63) is 0 Å². The highest BCUT2D eigenvalue weighted by Crippen LogP contribution is 2.39. The van der Waals surface area contributed by atoms with Crippen molar-refractivity contribution >= 4 is 5.91 Å². The molecule has 0 bridgehead atoms. The van der Waals surface area contributed by atoms with E-state index in [9.17, 15) is 4.79 Å². The third kappa shape index (κ3) is 3.83. The zero-order valence-corrected chi connectivity index (χ0v) is 14.4. The van der Waals surface area contributed by atoms with E-state index in [-0.39, 0.29) is 0 Å². The van der Waals surface area contributed by atoms with E-state index in [2.05, 4.69) is 14.7 Å². The number of rotatable bonds is 4. The van der Waals surface area contributed by atoms with E-state index in [1.165, 1.54) is 77.8 Å². The summed E-state index contributed by atoms with van der Waals surface area (Å²) in [7, 11) is 0. The van der Waals surface area contributed by atoms with Crippen molar-refractivity contribution in [2.75, 3.05) is 52.4 Å². The first-order valence-corrected chi connectivity index (χ1v) is 9.43. The van der Waals surface area contributed by atoms with Crippen LogP contribution in [0, 0.1) is 5.41 Å². The molecular formula is C18H33N3O. The summed E-state index contributed by atoms with van der Waals surface area (Å²) in [6.45, 7) is 11.6. The topological polar surface area (TPSA) is 26.8 Å². The Hall–Kier alpha value is -0.610. The van der Waals surface area contributed by atoms with E-state index >= 15 is 0 Å². The number of carbonyl (C=O) groups is 1. The normalized spacial score (nSPS) is 26.7. The fraction of sp³-hybridized carbons (Fsp3) is 0.944. The van der Waals surface area contributed by atoms with Gasteiger partial charge < -0.3 is 14.7 Å². The third-order valence-corrected chi connectivity index (χ3v) is 6.16. The lowest BCUT2D eigenvalue weighted by atomic mass is 9.72. The van der Waals surface area contributed by atoms with Gasteiger partial charge in [0.2, 0.25) is 5.91 Å². The van der Waals surface area contributed by atoms with Crippen molar-refractivity contribution in [3.63, 3.8) is 0 Å². The molecular weight excluding hydrogens is 274 g/mol. The number of amides is 1. The quantitative estimate of drug-likeness (QED) is 0.796. The van der Waals surface area contributed by atoms with Gasteiger partial charge in [-0.3, -0.25) is 4.79 Å². The van der Waals surface area contributed by atoms with Crippen LogP contribution >= 0.6 is 0 Å². The Morgan fingerprint density at radius 1 is 0.864 bits per heavy atom. The molecule has 4 heteroatoms. The molecule has 0 aromatic carbocycles. The molecule has 0 saturated carbocycles. The summed E-state index contributed by atoms with van der Waals surface area (Å²) in [5.41, 5.74) is 0.438. The zero-order valence-electron chi connectivity index (χ0n) is 14.4. The molecule has 3 aliphatic rings. The lowest BCUT2D eigenvalue weighted by molar-refractivity contribution is -0.135. The van der Waals surface area contributed by atoms with Crippen LogP contribution in [0.2, 0.25) is 0 Å². The van der Waals surface area contributed by atoms with Gasteiger partial charge in [-0.05, 0) is 70.1 Å². The van der Waals surface area contributed by atoms with Crippen LogP contribution < -0.4 is 0 Å². The lowest BCUT2D eigenvalue weighted by Gasteiger charge is -2.48. The molecule has 3 aliphatic heterocycles. The standard InChI is InChI=1S/C18H33N3O/c1-2-17(22)21-11-5-6-18(16-21)7-12-20(13-8-18)15-14-19-9-3-4-10-19/h2-16H2,1H3. The number of piperidine rings is 2. The van der Waals surface area contributed by atoms with Crippen molar-refractivity contribution in [2.45, 2.75) is 51.9 Å². The number of carbonyl (C=O) groups excluding carboxylic acids is 1. The van der Waals surface area contributed by atoms with Crippen LogP contribution in [0.25, 0.3) is 0 Å². The second-order valence-corrected chi connectivity index (χ2v) is 7.66. The van der Waals surface area contributed by atoms with Crippen molar-refractivity contribution in [2.24, 2.45) is 5.41 Å². The molecule has 3 fully saturated rings. The van der Waals surface area contributed by atoms with Crippen LogP contribution in [0.5, 0.6) is 0 Å². The van der Waals surface area contributed by atoms with Crippen LogP contribution in [0.15, 0.2) is 0 Å². The molecule has 0 aromatic rings. The highest BCUT2D eigenvalue weighted by atomic mass is 16.2. The Kier molecular flexibility index (Phi) is 5.40. The van der Waals surface area contributed by atoms with Crippen LogP contribution in [0.3, 0.4) is 0 Å². The molecule has 1 spiro atoms. The summed E-state index contributed by atoms with van der Waals surface area (Å²) in [5.74, 6) is 0.357. The maximum atomic E-state index is 12.0. The molecule has 126 valence electrons. The first-order valence-electron chi connectivity index (χ1n) is 9.43. The monoisotopic (exact) mass is 307 g/mol. The largest absolute Gasteiger partial charge is 0.342 e. The molecule has 22 heavy (non-hydrogen) atoms. The van der Waals surface area contributed by atoms with Gasteiger partial charge >= 0.3 is 0 Å². The summed E-state index contributed by atoms with van der Waals surface area (Å²) in [6.07, 6.45) is 8.58. The minimum atomic E-state index is 0.357. The average molecular weight is 307 g/mol. The van der Waals surface area contributed by atoms with Gasteiger partial charge in [0.15, 0.2) is 0 Å². The van der Waals surface area contributed by atoms with Gasteiger partial charge in [-0.25, -0.2) is 0 Å². The Morgan fingerprint density at radius 2 is 1.50 bits per heavy atom. The molecule has 3 saturated heterocycles. The number of hydrogen-bond acceptors (Lipinski definition) is 3. The SMILES string of the molecule is CCC(=O)N1CCCC2(CCN(CCN3CCCC3)CC2)C1. The Morgan fingerprint density at radius 3 is 2.14 bits per heavy atom. The lowest BCUT2D eigenvalue weighted by Crippen LogP contribution is -2.51. The molecule has 3 heterocycles. The van der Waals surface area contributed by atoms with E-state index in [0.717, 1.165) is 13.1 Å². The maximum Gasteiger partial charge on any atom is 0.222 e. The minimum absolute atomic E-state index is 0.357. The Bertz CT molecular complexity index is 371. The second kappa shape index (κ2) is 7.31. The van der Waals surface area contributed by atoms with Crippen molar-refractivity contribution in [3.8, 4) is 0 Å². The number of likely N-dealkylation sites (tertiary alicyclic amines) is 3. The van der Waals surface area contributed by atoms with Crippen molar-refractivity contribution in [1.29, 1.82) is 0 Å². The first kappa shape index (κ1) is 16.3. The molecule has 0 atom stereocenters. The fourth-order valence-corrected chi connectivity index (χ4v) is 4.59. The van der Waals surface area contributed by atoms with Crippen LogP contribution in [-0.2, 0) is 4.79 Å². The first-order chi connectivity index (χ1) is 10.7. The van der Waals surface area contributed by atoms with Gasteiger partial charge in [0, 0.05) is 32.6 Å². The molecule has 0 radical (unpaired) electrons. The average Bonchev–Trinajstić information content (AvgIpc) is 3.07. The van der Waals surface area contributed by atoms with Gasteiger partial charge in [-0.15, -0.1) is 0 Å². The third-order valence-electron chi connectivity index (χ3n) is 6.16. The smallest absolute Gasteiger partial charge is 0.222 e. The predicted octanol–water partition coefficient (Wildman–Crippen LogP) is 2.20. The van der Waals surface area contributed by atoms with E-state index in [4.69, 9.17) is 0 Å². The van der Waals surface area contributed by atoms with E-state index in [1.807, 2.05) is 6.92 Å². The van der Waals surface area contributed by atoms with Crippen molar-refractivity contribution in [1.82, 2.24) is 14.7 Å². The molecule has 1 amide bonds. The highest BCUT2D eigenvalue weighted by Gasteiger charge is 2.39. The van der Waals surface area contributed by atoms with E-state index in [0.29, 0.717) is 17.7 Å². The molecule has 0 aliphatic carbocycles. The van der Waals surface area contributed by atoms with Gasteiger partial charge in [0.25, 0.3) is 0 Å². The fourth-order valence-electron chi connectivity index (χ4n) is 4.59. The van der Waals surface area contributed by atoms with Gasteiger partial charge in [-0.1, -0.05) is 6.92 Å². The molecule has 0 N–H and O–H groups in total. The van der Waals surface area contributed by atoms with Crippen LogP contribution in [-0.4, -0.2) is 73.0 Å². The second-order valence-electron chi connectivity index (χ2n) is 7.66. The maximum absolute atomic E-state index is 12.0. The Balaban J connectivity index is 1.44. The Labute approximate surface area is 135 Å². The van der Waals surface area contributed by atoms with E-state index in [1.54, 1.807) is 0 Å². The van der Waals surface area contributed by atoms with Gasteiger partial charge in [0.1, 0.15) is 0 Å². The van der Waals surface area contributed by atoms with Crippen molar-refractivity contribution < 1.29 is 4.79 Å². The molecule has 0 aromatic heterocycles. The van der Waals surface area contributed by atoms with Crippen LogP contribution in [0.4, 0.5) is 0 Å². The van der Waals surface area contributed by atoms with Crippen LogP contribution in [0.1, 0.15) is 51.9 Å². The predicted molar refractivity (Wildman–Crippen MR) is 89.9 cm³/mol. The molecule has 3 rings (SSSR count). The van der Waals surface area contributed by atoms with Gasteiger partial charge in [0.05, 0.1) is 0 Å². The van der Waals surface area contributed by atoms with E-state index < -0.39 is 0 Å². The molecule has 4 nitrogen and oxygen atoms in total. The minimum Gasteiger partial charge on any atom is -0.342 e. The zero-order chi connectivity index (χ0) is 15.4. The number of hydrogen-bond donors (Lipinski definition) is 0. The summed E-state index contributed by atoms with van der Waals surface area (Å²) < 4.78 is 0. The summed E-state index contributed by atoms with van der Waals surface area (Å²) >= 11 is 0. The summed E-state index contributed by atoms with van der Waals surface area (Å²) in [4.78, 5) is 19.4. The molecule has 0 unspecified atom stereocenters. The summed E-state index contributed by atoms with van der Waals surface area (Å²) in [6, 6.07) is 0. The summed E-state index contributed by atoms with van der Waals surface area (Å²) in [5, 5.41) is 0. The number of nitrogens with zero attached hydrogens (tertiary/aromatic N) is 3. The van der Waals surface area contributed by atoms with Gasteiger partial charge in [-0.2, -0.15) is 0 Å².